The van der Waals surface area contributed by atoms with E-state index in [-0.39, 0.29) is 17.7 Å². The molecule has 1 saturated heterocycles. The fourth-order valence-corrected chi connectivity index (χ4v) is 4.59. The van der Waals surface area contributed by atoms with Crippen LogP contribution in [-0.4, -0.2) is 56.6 Å². The van der Waals surface area contributed by atoms with Gasteiger partial charge >= 0.3 is 0 Å². The smallest absolute Gasteiger partial charge is 0.227 e. The van der Waals surface area contributed by atoms with E-state index >= 15 is 0 Å². The summed E-state index contributed by atoms with van der Waals surface area (Å²) in [7, 11) is 5.41. The number of benzene rings is 2. The van der Waals surface area contributed by atoms with Gasteiger partial charge in [-0.15, -0.1) is 0 Å². The van der Waals surface area contributed by atoms with Gasteiger partial charge in [0.1, 0.15) is 0 Å². The summed E-state index contributed by atoms with van der Waals surface area (Å²) in [6.45, 7) is 3.13. The van der Waals surface area contributed by atoms with Crippen LogP contribution in [0.15, 0.2) is 42.5 Å². The van der Waals surface area contributed by atoms with Crippen molar-refractivity contribution in [2.75, 3.05) is 40.9 Å². The van der Waals surface area contributed by atoms with E-state index in [0.717, 1.165) is 43.1 Å². The highest BCUT2D eigenvalue weighted by Crippen LogP contribution is 2.36. The largest absolute Gasteiger partial charge is 0.493 e. The third-order valence-electron chi connectivity index (χ3n) is 6.08. The van der Waals surface area contributed by atoms with Crippen molar-refractivity contribution >= 4 is 5.91 Å². The Balaban J connectivity index is 1.56. The molecule has 148 valence electrons. The molecular weight excluding hydrogens is 352 g/mol. The van der Waals surface area contributed by atoms with Crippen LogP contribution in [0.1, 0.15) is 22.6 Å². The van der Waals surface area contributed by atoms with Crippen LogP contribution in [0.2, 0.25) is 0 Å². The second-order valence-electron chi connectivity index (χ2n) is 7.83. The van der Waals surface area contributed by atoms with E-state index in [4.69, 9.17) is 9.47 Å². The van der Waals surface area contributed by atoms with Crippen LogP contribution in [-0.2, 0) is 17.8 Å². The number of carbonyl (C=O) groups is 1. The lowest BCUT2D eigenvalue weighted by molar-refractivity contribution is -0.136. The van der Waals surface area contributed by atoms with Crippen molar-refractivity contribution in [2.24, 2.45) is 5.92 Å². The van der Waals surface area contributed by atoms with E-state index in [1.54, 1.807) is 14.2 Å². The third kappa shape index (κ3) is 3.47. The first kappa shape index (κ1) is 18.8. The topological polar surface area (TPSA) is 42.0 Å². The van der Waals surface area contributed by atoms with Crippen molar-refractivity contribution in [1.29, 1.82) is 0 Å². The van der Waals surface area contributed by atoms with Crippen LogP contribution in [0, 0.1) is 5.92 Å². The molecule has 28 heavy (non-hydrogen) atoms. The normalized spacial score (nSPS) is 22.0. The van der Waals surface area contributed by atoms with Crippen LogP contribution in [0.3, 0.4) is 0 Å². The predicted molar refractivity (Wildman–Crippen MR) is 109 cm³/mol. The maximum Gasteiger partial charge on any atom is 0.227 e. The predicted octanol–water partition coefficient (Wildman–Crippen LogP) is 2.93. The zero-order valence-electron chi connectivity index (χ0n) is 16.9. The lowest BCUT2D eigenvalue weighted by atomic mass is 9.87. The lowest BCUT2D eigenvalue weighted by Gasteiger charge is -2.33. The van der Waals surface area contributed by atoms with Gasteiger partial charge in [-0.1, -0.05) is 30.3 Å². The van der Waals surface area contributed by atoms with Crippen LogP contribution >= 0.6 is 0 Å². The summed E-state index contributed by atoms with van der Waals surface area (Å²) in [5.41, 5.74) is 3.65. The van der Waals surface area contributed by atoms with Gasteiger partial charge in [0.05, 0.1) is 20.1 Å². The maximum atomic E-state index is 13.5. The van der Waals surface area contributed by atoms with E-state index in [1.807, 2.05) is 23.1 Å². The molecule has 0 aromatic heterocycles. The fraction of sp³-hybridized carbons (Fsp3) is 0.435. The number of amides is 1. The van der Waals surface area contributed by atoms with Gasteiger partial charge in [-0.2, -0.15) is 0 Å². The number of methoxy groups -OCH3 is 2. The molecule has 0 saturated carbocycles. The summed E-state index contributed by atoms with van der Waals surface area (Å²) < 4.78 is 10.9. The molecule has 0 spiro atoms. The highest BCUT2D eigenvalue weighted by Gasteiger charge is 2.39. The summed E-state index contributed by atoms with van der Waals surface area (Å²) in [6, 6.07) is 14.5. The highest BCUT2D eigenvalue weighted by molar-refractivity contribution is 5.81. The van der Waals surface area contributed by atoms with Crippen molar-refractivity contribution in [3.05, 3.63) is 59.2 Å². The number of nitrogens with zero attached hydrogens (tertiary/aromatic N) is 2. The molecule has 0 unspecified atom stereocenters. The van der Waals surface area contributed by atoms with E-state index in [0.29, 0.717) is 6.54 Å². The van der Waals surface area contributed by atoms with Gasteiger partial charge in [-0.05, 0) is 42.3 Å². The Bertz CT molecular complexity index is 852. The van der Waals surface area contributed by atoms with Gasteiger partial charge in [0, 0.05) is 32.1 Å². The minimum Gasteiger partial charge on any atom is -0.493 e. The SMILES string of the molecule is COc1cc2c(cc1OC)CN(C(=O)[C@@H]1CN(C)C[C@H]1c1ccccc1)CC2. The molecular formula is C23H28N2O3. The van der Waals surface area contributed by atoms with Crippen molar-refractivity contribution in [1.82, 2.24) is 9.80 Å². The molecule has 2 aliphatic heterocycles. The molecule has 2 aromatic rings. The van der Waals surface area contributed by atoms with Gasteiger partial charge in [-0.25, -0.2) is 0 Å². The van der Waals surface area contributed by atoms with Crippen LogP contribution < -0.4 is 9.47 Å². The lowest BCUT2D eigenvalue weighted by Crippen LogP contribution is -2.41. The van der Waals surface area contributed by atoms with Gasteiger partial charge in [0.15, 0.2) is 11.5 Å². The summed E-state index contributed by atoms with van der Waals surface area (Å²) in [6.07, 6.45) is 0.847. The first-order chi connectivity index (χ1) is 13.6. The fourth-order valence-electron chi connectivity index (χ4n) is 4.59. The monoisotopic (exact) mass is 380 g/mol. The Labute approximate surface area is 166 Å². The first-order valence-electron chi connectivity index (χ1n) is 9.86. The Morgan fingerprint density at radius 3 is 2.36 bits per heavy atom. The van der Waals surface area contributed by atoms with Gasteiger partial charge < -0.3 is 19.3 Å². The highest BCUT2D eigenvalue weighted by atomic mass is 16.5. The van der Waals surface area contributed by atoms with Gasteiger partial charge in [0.2, 0.25) is 5.91 Å². The number of fused-ring (bicyclic) bond motifs is 1. The zero-order valence-corrected chi connectivity index (χ0v) is 16.9. The molecule has 0 bridgehead atoms. The number of ether oxygens (including phenoxy) is 2. The van der Waals surface area contributed by atoms with Gasteiger partial charge in [0.25, 0.3) is 0 Å². The number of carbonyl (C=O) groups excluding carboxylic acids is 1. The molecule has 5 heteroatoms. The molecule has 2 aliphatic rings. The van der Waals surface area contributed by atoms with E-state index in [1.165, 1.54) is 11.1 Å². The van der Waals surface area contributed by atoms with Crippen LogP contribution in [0.4, 0.5) is 0 Å². The Hall–Kier alpha value is -2.53. The standard InChI is InChI=1S/C23H28N2O3/c1-24-14-19(16-7-5-4-6-8-16)20(15-24)23(26)25-10-9-17-11-21(27-2)22(28-3)12-18(17)13-25/h4-8,11-12,19-20H,9-10,13-15H2,1-3H3/t19-,20+/m0/s1. The Morgan fingerprint density at radius 1 is 1.00 bits per heavy atom. The molecule has 0 radical (unpaired) electrons. The second kappa shape index (κ2) is 7.84. The molecule has 2 atom stereocenters. The molecule has 0 N–H and O–H groups in total. The van der Waals surface area contributed by atoms with E-state index in [2.05, 4.69) is 36.2 Å². The first-order valence-corrected chi connectivity index (χ1v) is 9.86. The zero-order chi connectivity index (χ0) is 19.7. The number of rotatable bonds is 4. The van der Waals surface area contributed by atoms with E-state index in [9.17, 15) is 4.79 Å². The maximum absolute atomic E-state index is 13.5. The molecule has 2 heterocycles. The summed E-state index contributed by atoms with van der Waals surface area (Å²) in [5, 5.41) is 0. The second-order valence-corrected chi connectivity index (χ2v) is 7.83. The number of likely N-dealkylation sites (tertiary alicyclic amines) is 1. The van der Waals surface area contributed by atoms with Crippen molar-refractivity contribution in [2.45, 2.75) is 18.9 Å². The Morgan fingerprint density at radius 2 is 1.68 bits per heavy atom. The average Bonchev–Trinajstić information content (AvgIpc) is 3.14. The summed E-state index contributed by atoms with van der Waals surface area (Å²) in [5.74, 6) is 2.00. The number of hydrogen-bond acceptors (Lipinski definition) is 4. The molecule has 4 rings (SSSR count). The van der Waals surface area contributed by atoms with E-state index < -0.39 is 0 Å². The van der Waals surface area contributed by atoms with Crippen LogP contribution in [0.25, 0.3) is 0 Å². The minimum absolute atomic E-state index is 0.00842. The molecule has 2 aromatic carbocycles. The molecule has 0 aliphatic carbocycles. The minimum atomic E-state index is 0.00842. The molecule has 1 amide bonds. The average molecular weight is 380 g/mol. The van der Waals surface area contributed by atoms with Crippen molar-refractivity contribution < 1.29 is 14.3 Å². The van der Waals surface area contributed by atoms with Crippen molar-refractivity contribution in [3.8, 4) is 11.5 Å². The summed E-state index contributed by atoms with van der Waals surface area (Å²) >= 11 is 0. The quantitative estimate of drug-likeness (QED) is 0.818. The molecule has 5 nitrogen and oxygen atoms in total. The third-order valence-corrected chi connectivity index (χ3v) is 6.08. The van der Waals surface area contributed by atoms with Gasteiger partial charge in [-0.3, -0.25) is 4.79 Å². The summed E-state index contributed by atoms with van der Waals surface area (Å²) in [4.78, 5) is 17.8. The number of hydrogen-bond donors (Lipinski definition) is 0. The van der Waals surface area contributed by atoms with Crippen molar-refractivity contribution in [3.63, 3.8) is 0 Å². The van der Waals surface area contributed by atoms with Crippen LogP contribution in [0.5, 0.6) is 11.5 Å². The number of likely N-dealkylation sites (N-methyl/N-ethyl adjacent to an activating group) is 1. The molecule has 1 fully saturated rings. The Kier molecular flexibility index (Phi) is 5.27.